The lowest BCUT2D eigenvalue weighted by molar-refractivity contribution is -0.120. The average molecular weight is 370 g/mol. The molecule has 2 heterocycles. The van der Waals surface area contributed by atoms with Gasteiger partial charge in [-0.1, -0.05) is 0 Å². The fourth-order valence-electron chi connectivity index (χ4n) is 3.31. The number of benzene rings is 1. The van der Waals surface area contributed by atoms with Gasteiger partial charge >= 0.3 is 0 Å². The Morgan fingerprint density at radius 2 is 1.56 bits per heavy atom. The molecule has 144 valence electrons. The van der Waals surface area contributed by atoms with Crippen molar-refractivity contribution < 1.29 is 14.3 Å². The van der Waals surface area contributed by atoms with Crippen LogP contribution in [0.1, 0.15) is 24.2 Å². The van der Waals surface area contributed by atoms with E-state index in [0.29, 0.717) is 17.2 Å². The van der Waals surface area contributed by atoms with Crippen molar-refractivity contribution in [3.63, 3.8) is 0 Å². The van der Waals surface area contributed by atoms with E-state index in [1.807, 2.05) is 19.9 Å². The molecular formula is C20H26N4O3. The molecule has 0 atom stereocenters. The lowest BCUT2D eigenvalue weighted by Crippen LogP contribution is -2.39. The highest BCUT2D eigenvalue weighted by atomic mass is 16.5. The average Bonchev–Trinajstić information content (AvgIpc) is 2.67. The standard InChI is InChI=1S/C20H26N4O3/c1-13-9-14(2)22-20(21-13)24-7-5-15(6-8-24)19(25)23-16-10-17(26-3)12-18(11-16)27-4/h9-12,15H,5-8H2,1-4H3,(H,23,25). The highest BCUT2D eigenvalue weighted by molar-refractivity contribution is 5.93. The second-order valence-corrected chi connectivity index (χ2v) is 6.80. The molecule has 0 aliphatic carbocycles. The molecule has 0 saturated carbocycles. The van der Waals surface area contributed by atoms with E-state index >= 15 is 0 Å². The predicted octanol–water partition coefficient (Wildman–Crippen LogP) is 2.97. The third-order valence-corrected chi connectivity index (χ3v) is 4.74. The molecule has 1 aromatic heterocycles. The third kappa shape index (κ3) is 4.67. The van der Waals surface area contributed by atoms with Crippen molar-refractivity contribution in [1.82, 2.24) is 9.97 Å². The number of nitrogens with zero attached hydrogens (tertiary/aromatic N) is 3. The van der Waals surface area contributed by atoms with Crippen molar-refractivity contribution in [2.24, 2.45) is 5.92 Å². The SMILES string of the molecule is COc1cc(NC(=O)C2CCN(c3nc(C)cc(C)n3)CC2)cc(OC)c1. The Kier molecular flexibility index (Phi) is 5.78. The van der Waals surface area contributed by atoms with Crippen LogP contribution in [-0.2, 0) is 4.79 Å². The summed E-state index contributed by atoms with van der Waals surface area (Å²) in [6.45, 7) is 5.48. The van der Waals surface area contributed by atoms with E-state index in [1.165, 1.54) is 0 Å². The Hall–Kier alpha value is -2.83. The van der Waals surface area contributed by atoms with Gasteiger partial charge in [-0.15, -0.1) is 0 Å². The normalized spacial score (nSPS) is 14.7. The van der Waals surface area contributed by atoms with Crippen molar-refractivity contribution in [1.29, 1.82) is 0 Å². The minimum atomic E-state index is -0.0376. The van der Waals surface area contributed by atoms with Crippen molar-refractivity contribution in [2.45, 2.75) is 26.7 Å². The molecule has 1 amide bonds. The number of piperidine rings is 1. The van der Waals surface area contributed by atoms with E-state index in [1.54, 1.807) is 32.4 Å². The monoisotopic (exact) mass is 370 g/mol. The van der Waals surface area contributed by atoms with Gasteiger partial charge in [-0.05, 0) is 32.8 Å². The summed E-state index contributed by atoms with van der Waals surface area (Å²) in [5.74, 6) is 2.03. The number of aryl methyl sites for hydroxylation is 2. The Labute approximate surface area is 159 Å². The quantitative estimate of drug-likeness (QED) is 0.872. The van der Waals surface area contributed by atoms with Crippen molar-refractivity contribution in [3.05, 3.63) is 35.7 Å². The van der Waals surface area contributed by atoms with E-state index in [0.717, 1.165) is 43.3 Å². The summed E-state index contributed by atoms with van der Waals surface area (Å²) in [4.78, 5) is 23.9. The number of methoxy groups -OCH3 is 2. The first-order valence-corrected chi connectivity index (χ1v) is 9.09. The van der Waals surface area contributed by atoms with Crippen LogP contribution < -0.4 is 19.7 Å². The molecular weight excluding hydrogens is 344 g/mol. The Bertz CT molecular complexity index is 774. The molecule has 27 heavy (non-hydrogen) atoms. The molecule has 1 aromatic carbocycles. The van der Waals surface area contributed by atoms with Crippen LogP contribution in [0.5, 0.6) is 11.5 Å². The Balaban J connectivity index is 1.62. The van der Waals surface area contributed by atoms with Gasteiger partial charge in [0.25, 0.3) is 0 Å². The number of aromatic nitrogens is 2. The summed E-state index contributed by atoms with van der Waals surface area (Å²) >= 11 is 0. The van der Waals surface area contributed by atoms with Crippen LogP contribution in [0.15, 0.2) is 24.3 Å². The molecule has 1 fully saturated rings. The fraction of sp³-hybridized carbons (Fsp3) is 0.450. The predicted molar refractivity (Wildman–Crippen MR) is 105 cm³/mol. The molecule has 1 aliphatic heterocycles. The van der Waals surface area contributed by atoms with E-state index < -0.39 is 0 Å². The van der Waals surface area contributed by atoms with Crippen molar-refractivity contribution in [3.8, 4) is 11.5 Å². The van der Waals surface area contributed by atoms with Crippen LogP contribution in [0.4, 0.5) is 11.6 Å². The number of rotatable bonds is 5. The first kappa shape index (κ1) is 18.9. The van der Waals surface area contributed by atoms with Crippen LogP contribution >= 0.6 is 0 Å². The molecule has 7 nitrogen and oxygen atoms in total. The molecule has 0 bridgehead atoms. The first-order valence-electron chi connectivity index (χ1n) is 9.09. The summed E-state index contributed by atoms with van der Waals surface area (Å²) in [7, 11) is 3.18. The van der Waals surface area contributed by atoms with Crippen molar-refractivity contribution >= 4 is 17.5 Å². The molecule has 1 aliphatic rings. The topological polar surface area (TPSA) is 76.6 Å². The maximum Gasteiger partial charge on any atom is 0.227 e. The van der Waals surface area contributed by atoms with Gasteiger partial charge in [0.2, 0.25) is 11.9 Å². The molecule has 1 saturated heterocycles. The van der Waals surface area contributed by atoms with Crippen LogP contribution in [-0.4, -0.2) is 43.2 Å². The molecule has 0 unspecified atom stereocenters. The summed E-state index contributed by atoms with van der Waals surface area (Å²) in [5.41, 5.74) is 2.60. The minimum absolute atomic E-state index is 0.0197. The fourth-order valence-corrected chi connectivity index (χ4v) is 3.31. The Morgan fingerprint density at radius 1 is 1.00 bits per heavy atom. The summed E-state index contributed by atoms with van der Waals surface area (Å²) in [5, 5.41) is 2.99. The second kappa shape index (κ2) is 8.24. The second-order valence-electron chi connectivity index (χ2n) is 6.80. The van der Waals surface area contributed by atoms with E-state index in [4.69, 9.17) is 9.47 Å². The molecule has 7 heteroatoms. The first-order chi connectivity index (χ1) is 13.0. The number of ether oxygens (including phenoxy) is 2. The number of amides is 1. The molecule has 2 aromatic rings. The van der Waals surface area contributed by atoms with Gasteiger partial charge in [0.15, 0.2) is 0 Å². The number of hydrogen-bond acceptors (Lipinski definition) is 6. The van der Waals surface area contributed by atoms with Gasteiger partial charge < -0.3 is 19.7 Å². The lowest BCUT2D eigenvalue weighted by Gasteiger charge is -2.31. The molecule has 3 rings (SSSR count). The zero-order chi connectivity index (χ0) is 19.4. The van der Waals surface area contributed by atoms with Gasteiger partial charge in [0.05, 0.1) is 14.2 Å². The van der Waals surface area contributed by atoms with Crippen LogP contribution in [0.3, 0.4) is 0 Å². The lowest BCUT2D eigenvalue weighted by atomic mass is 9.96. The van der Waals surface area contributed by atoms with Gasteiger partial charge in [-0.3, -0.25) is 4.79 Å². The molecule has 0 radical (unpaired) electrons. The van der Waals surface area contributed by atoms with Gasteiger partial charge in [0, 0.05) is 54.3 Å². The smallest absolute Gasteiger partial charge is 0.227 e. The summed E-state index contributed by atoms with van der Waals surface area (Å²) < 4.78 is 10.5. The number of hydrogen-bond donors (Lipinski definition) is 1. The van der Waals surface area contributed by atoms with Crippen LogP contribution in [0, 0.1) is 19.8 Å². The highest BCUT2D eigenvalue weighted by Crippen LogP contribution is 2.27. The van der Waals surface area contributed by atoms with Crippen LogP contribution in [0.2, 0.25) is 0 Å². The van der Waals surface area contributed by atoms with E-state index in [2.05, 4.69) is 20.2 Å². The largest absolute Gasteiger partial charge is 0.497 e. The van der Waals surface area contributed by atoms with Gasteiger partial charge in [0.1, 0.15) is 11.5 Å². The number of carbonyl (C=O) groups excluding carboxylic acids is 1. The third-order valence-electron chi connectivity index (χ3n) is 4.74. The number of carbonyl (C=O) groups is 1. The van der Waals surface area contributed by atoms with Gasteiger partial charge in [-0.25, -0.2) is 9.97 Å². The summed E-state index contributed by atoms with van der Waals surface area (Å²) in [6, 6.07) is 7.32. The highest BCUT2D eigenvalue weighted by Gasteiger charge is 2.26. The number of anilines is 2. The minimum Gasteiger partial charge on any atom is -0.497 e. The van der Waals surface area contributed by atoms with E-state index in [-0.39, 0.29) is 11.8 Å². The zero-order valence-corrected chi connectivity index (χ0v) is 16.3. The maximum atomic E-state index is 12.7. The number of nitrogens with one attached hydrogen (secondary N) is 1. The molecule has 0 spiro atoms. The van der Waals surface area contributed by atoms with Gasteiger partial charge in [-0.2, -0.15) is 0 Å². The summed E-state index contributed by atoms with van der Waals surface area (Å²) in [6.07, 6.45) is 1.53. The van der Waals surface area contributed by atoms with E-state index in [9.17, 15) is 4.79 Å². The van der Waals surface area contributed by atoms with Crippen LogP contribution in [0.25, 0.3) is 0 Å². The zero-order valence-electron chi connectivity index (χ0n) is 16.3. The van der Waals surface area contributed by atoms with Crippen molar-refractivity contribution in [2.75, 3.05) is 37.5 Å². The Morgan fingerprint density at radius 3 is 2.07 bits per heavy atom. The molecule has 1 N–H and O–H groups in total. The maximum absolute atomic E-state index is 12.7.